The van der Waals surface area contributed by atoms with Gasteiger partial charge < -0.3 is 14.2 Å². The third-order valence-corrected chi connectivity index (χ3v) is 6.93. The maximum absolute atomic E-state index is 13.4. The van der Waals surface area contributed by atoms with Gasteiger partial charge in [-0.05, 0) is 38.0 Å². The van der Waals surface area contributed by atoms with Gasteiger partial charge in [-0.15, -0.1) is 0 Å². The molecule has 11 heteroatoms. The Morgan fingerprint density at radius 1 is 1.03 bits per heavy atom. The second-order valence-corrected chi connectivity index (χ2v) is 8.75. The predicted octanol–water partition coefficient (Wildman–Crippen LogP) is 3.94. The van der Waals surface area contributed by atoms with Gasteiger partial charge in [0.15, 0.2) is 11.9 Å². The lowest BCUT2D eigenvalue weighted by Gasteiger charge is -2.59. The minimum absolute atomic E-state index is 0.0220. The summed E-state index contributed by atoms with van der Waals surface area (Å²) in [5, 5.41) is 0. The fourth-order valence-electron chi connectivity index (χ4n) is 5.30. The van der Waals surface area contributed by atoms with Crippen molar-refractivity contribution in [2.75, 3.05) is 0 Å². The van der Waals surface area contributed by atoms with Crippen LogP contribution < -0.4 is 0 Å². The summed E-state index contributed by atoms with van der Waals surface area (Å²) in [4.78, 5) is 23.0. The summed E-state index contributed by atoms with van der Waals surface area (Å²) in [5.41, 5.74) is -1.04. The second kappa shape index (κ2) is 6.48. The van der Waals surface area contributed by atoms with E-state index in [0.717, 1.165) is 12.8 Å². The number of hydrogen-bond donors (Lipinski definition) is 0. The van der Waals surface area contributed by atoms with Gasteiger partial charge in [-0.25, -0.2) is 14.6 Å². The number of rotatable bonds is 2. The molecule has 0 N–H and O–H groups in total. The van der Waals surface area contributed by atoms with Gasteiger partial charge in [-0.1, -0.05) is 13.8 Å². The van der Waals surface area contributed by atoms with Crippen molar-refractivity contribution < 1.29 is 50.7 Å². The number of halogens is 5. The zero-order valence-corrected chi connectivity index (χ0v) is 16.1. The number of ether oxygens (including phenoxy) is 3. The highest BCUT2D eigenvalue weighted by Crippen LogP contribution is 2.60. The van der Waals surface area contributed by atoms with Crippen LogP contribution in [0.4, 0.5) is 22.0 Å². The van der Waals surface area contributed by atoms with Gasteiger partial charge >= 0.3 is 18.1 Å². The molecule has 2 unspecified atom stereocenters. The molecular weight excluding hydrogens is 407 g/mol. The molecule has 1 spiro atoms. The second-order valence-electron chi connectivity index (χ2n) is 8.75. The lowest BCUT2D eigenvalue weighted by atomic mass is 9.58. The summed E-state index contributed by atoms with van der Waals surface area (Å²) in [6.45, 7) is 5.28. The summed E-state index contributed by atoms with van der Waals surface area (Å²) in [5.74, 6) is -10.3. The summed E-state index contributed by atoms with van der Waals surface area (Å²) in [6.07, 6.45) is -6.21. The number of carbonyl (C=O) groups is 1. The van der Waals surface area contributed by atoms with Crippen molar-refractivity contribution in [3.05, 3.63) is 0 Å². The van der Waals surface area contributed by atoms with Crippen molar-refractivity contribution >= 4 is 5.97 Å². The monoisotopic (exact) mass is 430 g/mol. The van der Waals surface area contributed by atoms with E-state index in [-0.39, 0.29) is 17.8 Å². The Morgan fingerprint density at radius 2 is 1.72 bits per heavy atom. The normalized spacial score (nSPS) is 47.3. The van der Waals surface area contributed by atoms with Gasteiger partial charge in [0.05, 0.1) is 0 Å². The molecule has 1 aliphatic carbocycles. The van der Waals surface area contributed by atoms with Crippen molar-refractivity contribution in [3.63, 3.8) is 0 Å². The van der Waals surface area contributed by atoms with Crippen LogP contribution in [0.3, 0.4) is 0 Å². The van der Waals surface area contributed by atoms with Gasteiger partial charge in [0.2, 0.25) is 12.1 Å². The molecule has 0 aromatic heterocycles. The van der Waals surface area contributed by atoms with Gasteiger partial charge in [0, 0.05) is 18.3 Å². The fraction of sp³-hybridized carbons (Fsp3) is 0.944. The fourth-order valence-corrected chi connectivity index (χ4v) is 5.30. The first-order valence-corrected chi connectivity index (χ1v) is 9.67. The third kappa shape index (κ3) is 2.99. The van der Waals surface area contributed by atoms with Crippen molar-refractivity contribution in [1.82, 2.24) is 0 Å². The minimum Gasteiger partial charge on any atom is -0.431 e. The van der Waals surface area contributed by atoms with Crippen molar-refractivity contribution in [1.29, 1.82) is 0 Å². The molecule has 2 bridgehead atoms. The Bertz CT molecular complexity index is 686. The quantitative estimate of drug-likeness (QED) is 0.376. The number of carbonyl (C=O) groups excluding carboxylic acids is 1. The molecule has 1 saturated carbocycles. The van der Waals surface area contributed by atoms with Crippen LogP contribution >= 0.6 is 0 Å². The van der Waals surface area contributed by atoms with E-state index in [1.165, 1.54) is 0 Å². The van der Waals surface area contributed by atoms with Crippen LogP contribution in [0.1, 0.15) is 46.5 Å². The Hall–Kier alpha value is -1.04. The minimum atomic E-state index is -6.06. The Morgan fingerprint density at radius 3 is 2.38 bits per heavy atom. The molecule has 29 heavy (non-hydrogen) atoms. The lowest BCUT2D eigenvalue weighted by molar-refractivity contribution is -0.576. The Balaban J connectivity index is 1.64. The molecular formula is C18H23F5O6. The van der Waals surface area contributed by atoms with Gasteiger partial charge in [0.1, 0.15) is 0 Å². The first-order valence-electron chi connectivity index (χ1n) is 9.67. The van der Waals surface area contributed by atoms with Crippen LogP contribution in [0.5, 0.6) is 0 Å². The van der Waals surface area contributed by atoms with E-state index < -0.39 is 48.0 Å². The predicted molar refractivity (Wildman–Crippen MR) is 83.9 cm³/mol. The summed E-state index contributed by atoms with van der Waals surface area (Å²) in [6, 6.07) is 0. The zero-order chi connectivity index (χ0) is 21.4. The Kier molecular flexibility index (Phi) is 4.74. The SMILES string of the molecule is C[C@@H]1CC[C@H]2[C@@H](C)C(OC(=O)C(F)(F)C(F)(F)F)O[C@@H]3O[C@@]4(C)CC[C@@H]1C32OO4. The first kappa shape index (κ1) is 21.2. The maximum atomic E-state index is 13.4. The molecule has 0 aromatic carbocycles. The van der Waals surface area contributed by atoms with Crippen LogP contribution in [0.25, 0.3) is 0 Å². The molecule has 4 heterocycles. The topological polar surface area (TPSA) is 63.2 Å². The van der Waals surface area contributed by atoms with E-state index in [1.807, 2.05) is 0 Å². The molecule has 5 fully saturated rings. The molecule has 4 aliphatic heterocycles. The van der Waals surface area contributed by atoms with Gasteiger partial charge in [-0.3, -0.25) is 0 Å². The number of fused-ring (bicyclic) bond motifs is 2. The molecule has 0 amide bonds. The van der Waals surface area contributed by atoms with Crippen LogP contribution in [-0.2, 0) is 28.8 Å². The van der Waals surface area contributed by atoms with E-state index in [2.05, 4.69) is 11.7 Å². The molecule has 5 rings (SSSR count). The standard InChI is InChI=1S/C18H23F5O6/c1-8-4-5-11-9(2)12(25-13(24)17(19,20)18(21,22)23)26-14-16(11)10(8)6-7-15(3,27-14)28-29-16/h8-12,14H,4-7H2,1-3H3/t8-,9-,10+,11+,12?,14-,15-,16?/m1/s1. The van der Waals surface area contributed by atoms with Crippen LogP contribution in [0, 0.1) is 23.7 Å². The molecule has 0 aromatic rings. The smallest absolute Gasteiger partial charge is 0.431 e. The highest BCUT2D eigenvalue weighted by molar-refractivity contribution is 5.78. The molecule has 4 saturated heterocycles. The van der Waals surface area contributed by atoms with E-state index in [1.54, 1.807) is 13.8 Å². The van der Waals surface area contributed by atoms with E-state index >= 15 is 0 Å². The highest BCUT2D eigenvalue weighted by atomic mass is 19.4. The molecule has 5 aliphatic rings. The van der Waals surface area contributed by atoms with E-state index in [0.29, 0.717) is 12.8 Å². The largest absolute Gasteiger partial charge is 0.465 e. The number of hydrogen-bond acceptors (Lipinski definition) is 6. The lowest BCUT2D eigenvalue weighted by Crippen LogP contribution is -2.70. The summed E-state index contributed by atoms with van der Waals surface area (Å²) < 4.78 is 80.5. The molecule has 6 nitrogen and oxygen atoms in total. The maximum Gasteiger partial charge on any atom is 0.465 e. The van der Waals surface area contributed by atoms with Crippen molar-refractivity contribution in [2.24, 2.45) is 23.7 Å². The molecule has 166 valence electrons. The van der Waals surface area contributed by atoms with E-state index in [9.17, 15) is 26.7 Å². The first-order chi connectivity index (χ1) is 13.3. The summed E-state index contributed by atoms with van der Waals surface area (Å²) in [7, 11) is 0. The average Bonchev–Trinajstić information content (AvgIpc) is 2.84. The van der Waals surface area contributed by atoms with Crippen LogP contribution in [-0.4, -0.2) is 42.0 Å². The van der Waals surface area contributed by atoms with Gasteiger partial charge in [-0.2, -0.15) is 22.0 Å². The Labute approximate surface area is 163 Å². The highest BCUT2D eigenvalue weighted by Gasteiger charge is 2.71. The van der Waals surface area contributed by atoms with E-state index in [4.69, 9.17) is 19.2 Å². The van der Waals surface area contributed by atoms with Gasteiger partial charge in [0.25, 0.3) is 0 Å². The van der Waals surface area contributed by atoms with Crippen LogP contribution in [0.15, 0.2) is 0 Å². The third-order valence-electron chi connectivity index (χ3n) is 6.93. The number of esters is 1. The van der Waals surface area contributed by atoms with Crippen LogP contribution in [0.2, 0.25) is 0 Å². The van der Waals surface area contributed by atoms with Crippen molar-refractivity contribution in [2.45, 2.75) is 82.5 Å². The molecule has 0 radical (unpaired) electrons. The zero-order valence-electron chi connectivity index (χ0n) is 16.1. The van der Waals surface area contributed by atoms with Crippen molar-refractivity contribution in [3.8, 4) is 0 Å². The number of alkyl halides is 5. The average molecular weight is 430 g/mol. The summed E-state index contributed by atoms with van der Waals surface area (Å²) >= 11 is 0. The molecule has 8 atom stereocenters.